The van der Waals surface area contributed by atoms with Crippen molar-refractivity contribution in [3.63, 3.8) is 0 Å². The molecule has 1 aliphatic carbocycles. The summed E-state index contributed by atoms with van der Waals surface area (Å²) in [6.07, 6.45) is 5.32. The lowest BCUT2D eigenvalue weighted by Crippen LogP contribution is -2.42. The van der Waals surface area contributed by atoms with Crippen molar-refractivity contribution in [2.75, 3.05) is 13.7 Å². The Morgan fingerprint density at radius 2 is 1.95 bits per heavy atom. The molecule has 0 radical (unpaired) electrons. The molecule has 1 atom stereocenters. The first kappa shape index (κ1) is 15.4. The average Bonchev–Trinajstić information content (AvgIpc) is 2.33. The van der Waals surface area contributed by atoms with E-state index in [9.17, 15) is 0 Å². The smallest absolute Gasteiger partial charge is 0.122 e. The minimum absolute atomic E-state index is 0.197. The van der Waals surface area contributed by atoms with Crippen LogP contribution in [-0.2, 0) is 6.42 Å². The van der Waals surface area contributed by atoms with Gasteiger partial charge in [0, 0.05) is 5.54 Å². The van der Waals surface area contributed by atoms with Gasteiger partial charge < -0.3 is 10.1 Å². The molecule has 2 nitrogen and oxygen atoms in total. The van der Waals surface area contributed by atoms with E-state index in [-0.39, 0.29) is 5.54 Å². The largest absolute Gasteiger partial charge is 0.496 e. The fraction of sp³-hybridized carbons (Fsp3) is 0.667. The van der Waals surface area contributed by atoms with Gasteiger partial charge >= 0.3 is 0 Å². The van der Waals surface area contributed by atoms with Gasteiger partial charge in [-0.2, -0.15) is 0 Å². The molecule has 112 valence electrons. The minimum atomic E-state index is 0.197. The highest BCUT2D eigenvalue weighted by molar-refractivity contribution is 5.33. The monoisotopic (exact) mass is 275 g/mol. The molecule has 1 aliphatic rings. The average molecular weight is 275 g/mol. The standard InChI is InChI=1S/C18H29NO/c1-18(2,3)19-13-16(14-9-7-10-14)12-15-8-5-6-11-17(15)20-4/h5-6,8,11,14,16,19H,7,9-10,12-13H2,1-4H3. The lowest BCUT2D eigenvalue weighted by atomic mass is 9.73. The molecule has 0 heterocycles. The van der Waals surface area contributed by atoms with Crippen molar-refractivity contribution in [1.29, 1.82) is 0 Å². The van der Waals surface area contributed by atoms with Crippen molar-refractivity contribution in [1.82, 2.24) is 5.32 Å². The van der Waals surface area contributed by atoms with Crippen LogP contribution in [0.4, 0.5) is 0 Å². The number of nitrogens with one attached hydrogen (secondary N) is 1. The summed E-state index contributed by atoms with van der Waals surface area (Å²) < 4.78 is 5.50. The minimum Gasteiger partial charge on any atom is -0.496 e. The van der Waals surface area contributed by atoms with E-state index in [1.54, 1.807) is 7.11 Å². The van der Waals surface area contributed by atoms with Crippen LogP contribution in [0.1, 0.15) is 45.6 Å². The van der Waals surface area contributed by atoms with Crippen molar-refractivity contribution in [3.05, 3.63) is 29.8 Å². The number of methoxy groups -OCH3 is 1. The molecule has 0 saturated heterocycles. The van der Waals surface area contributed by atoms with Crippen molar-refractivity contribution in [2.45, 2.75) is 52.0 Å². The third kappa shape index (κ3) is 4.24. The maximum absolute atomic E-state index is 5.50. The third-order valence-electron chi connectivity index (χ3n) is 4.39. The molecular formula is C18H29NO. The highest BCUT2D eigenvalue weighted by Gasteiger charge is 2.28. The Bertz CT molecular complexity index is 418. The van der Waals surface area contributed by atoms with Gasteiger partial charge in [-0.3, -0.25) is 0 Å². The number of rotatable bonds is 6. The van der Waals surface area contributed by atoms with Gasteiger partial charge in [0.2, 0.25) is 0 Å². The fourth-order valence-electron chi connectivity index (χ4n) is 2.91. The predicted octanol–water partition coefficient (Wildman–Crippen LogP) is 4.04. The molecule has 1 fully saturated rings. The van der Waals surface area contributed by atoms with Crippen LogP contribution in [0.5, 0.6) is 5.75 Å². The van der Waals surface area contributed by atoms with E-state index < -0.39 is 0 Å². The zero-order valence-electron chi connectivity index (χ0n) is 13.4. The van der Waals surface area contributed by atoms with Gasteiger partial charge in [-0.25, -0.2) is 0 Å². The van der Waals surface area contributed by atoms with Gasteiger partial charge in [-0.1, -0.05) is 37.5 Å². The second-order valence-corrected chi connectivity index (χ2v) is 7.10. The Morgan fingerprint density at radius 3 is 2.50 bits per heavy atom. The van der Waals surface area contributed by atoms with Crippen molar-refractivity contribution < 1.29 is 4.74 Å². The molecule has 0 bridgehead atoms. The highest BCUT2D eigenvalue weighted by atomic mass is 16.5. The zero-order valence-corrected chi connectivity index (χ0v) is 13.4. The van der Waals surface area contributed by atoms with E-state index in [1.807, 2.05) is 6.07 Å². The molecule has 2 heteroatoms. The van der Waals surface area contributed by atoms with Crippen molar-refractivity contribution in [3.8, 4) is 5.75 Å². The van der Waals surface area contributed by atoms with Crippen LogP contribution >= 0.6 is 0 Å². The summed E-state index contributed by atoms with van der Waals surface area (Å²) in [6.45, 7) is 7.84. The first-order chi connectivity index (χ1) is 9.49. The van der Waals surface area contributed by atoms with Crippen molar-refractivity contribution >= 4 is 0 Å². The molecule has 1 saturated carbocycles. The maximum atomic E-state index is 5.50. The zero-order chi connectivity index (χ0) is 14.6. The fourth-order valence-corrected chi connectivity index (χ4v) is 2.91. The van der Waals surface area contributed by atoms with Crippen LogP contribution in [0.3, 0.4) is 0 Å². The first-order valence-corrected chi connectivity index (χ1v) is 7.86. The van der Waals surface area contributed by atoms with E-state index in [0.29, 0.717) is 0 Å². The van der Waals surface area contributed by atoms with E-state index >= 15 is 0 Å². The van der Waals surface area contributed by atoms with Gasteiger partial charge in [0.05, 0.1) is 7.11 Å². The molecule has 20 heavy (non-hydrogen) atoms. The van der Waals surface area contributed by atoms with E-state index in [2.05, 4.69) is 44.3 Å². The van der Waals surface area contributed by atoms with Crippen LogP contribution in [-0.4, -0.2) is 19.2 Å². The van der Waals surface area contributed by atoms with Gasteiger partial charge in [0.1, 0.15) is 5.75 Å². The summed E-state index contributed by atoms with van der Waals surface area (Å²) in [5.41, 5.74) is 1.55. The van der Waals surface area contributed by atoms with Crippen LogP contribution in [0.25, 0.3) is 0 Å². The van der Waals surface area contributed by atoms with Crippen LogP contribution in [0.15, 0.2) is 24.3 Å². The molecule has 1 aromatic carbocycles. The summed E-state index contributed by atoms with van der Waals surface area (Å²) in [5.74, 6) is 2.64. The van der Waals surface area contributed by atoms with Crippen LogP contribution < -0.4 is 10.1 Å². The molecule has 2 rings (SSSR count). The summed E-state index contributed by atoms with van der Waals surface area (Å²) in [4.78, 5) is 0. The van der Waals surface area contributed by atoms with Gasteiger partial charge in [-0.15, -0.1) is 0 Å². The van der Waals surface area contributed by atoms with Crippen molar-refractivity contribution in [2.24, 2.45) is 11.8 Å². The summed E-state index contributed by atoms with van der Waals surface area (Å²) >= 11 is 0. The number of hydrogen-bond donors (Lipinski definition) is 1. The van der Waals surface area contributed by atoms with Crippen LogP contribution in [0, 0.1) is 11.8 Å². The van der Waals surface area contributed by atoms with Gasteiger partial charge in [0.15, 0.2) is 0 Å². The number of ether oxygens (including phenoxy) is 1. The van der Waals surface area contributed by atoms with Gasteiger partial charge in [-0.05, 0) is 57.2 Å². The summed E-state index contributed by atoms with van der Waals surface area (Å²) in [5, 5.41) is 3.69. The molecule has 1 N–H and O–H groups in total. The molecule has 1 unspecified atom stereocenters. The van der Waals surface area contributed by atoms with E-state index in [1.165, 1.54) is 24.8 Å². The molecule has 1 aromatic rings. The Morgan fingerprint density at radius 1 is 1.25 bits per heavy atom. The molecule has 0 aliphatic heterocycles. The van der Waals surface area contributed by atoms with Gasteiger partial charge in [0.25, 0.3) is 0 Å². The quantitative estimate of drug-likeness (QED) is 0.846. The maximum Gasteiger partial charge on any atom is 0.122 e. The summed E-state index contributed by atoms with van der Waals surface area (Å²) in [7, 11) is 1.77. The predicted molar refractivity (Wildman–Crippen MR) is 85.3 cm³/mol. The Hall–Kier alpha value is -1.02. The SMILES string of the molecule is COc1ccccc1CC(CNC(C)(C)C)C1CCC1. The lowest BCUT2D eigenvalue weighted by Gasteiger charge is -2.36. The Kier molecular flexibility index (Phi) is 5.09. The topological polar surface area (TPSA) is 21.3 Å². The number of benzene rings is 1. The van der Waals surface area contributed by atoms with Crippen LogP contribution in [0.2, 0.25) is 0 Å². The molecule has 0 aromatic heterocycles. The third-order valence-corrected chi connectivity index (χ3v) is 4.39. The highest BCUT2D eigenvalue weighted by Crippen LogP contribution is 2.36. The number of hydrogen-bond acceptors (Lipinski definition) is 2. The van der Waals surface area contributed by atoms with E-state index in [0.717, 1.165) is 30.6 Å². The second-order valence-electron chi connectivity index (χ2n) is 7.10. The number of para-hydroxylation sites is 1. The lowest BCUT2D eigenvalue weighted by molar-refractivity contribution is 0.188. The first-order valence-electron chi connectivity index (χ1n) is 7.86. The molecule has 0 amide bonds. The molecule has 0 spiro atoms. The second kappa shape index (κ2) is 6.62. The Labute approximate surface area is 123 Å². The Balaban J connectivity index is 2.03. The molecular weight excluding hydrogens is 246 g/mol. The summed E-state index contributed by atoms with van der Waals surface area (Å²) in [6, 6.07) is 8.45. The normalized spacial score (nSPS) is 17.6. The van der Waals surface area contributed by atoms with E-state index in [4.69, 9.17) is 4.74 Å².